The van der Waals surface area contributed by atoms with Crippen LogP contribution in [0.25, 0.3) is 0 Å². The molecule has 1 rings (SSSR count). The third-order valence-corrected chi connectivity index (χ3v) is 2.70. The van der Waals surface area contributed by atoms with Gasteiger partial charge in [-0.05, 0) is 5.56 Å². The summed E-state index contributed by atoms with van der Waals surface area (Å²) in [5, 5.41) is 2.70. The molecule has 0 saturated carbocycles. The largest absolute Gasteiger partial charge is 0.397 e. The summed E-state index contributed by atoms with van der Waals surface area (Å²) in [5.41, 5.74) is 0.764. The SMILES string of the molecule is O=C(CC(F)(F)F)NC(CBr)c1ccccc1. The first-order valence-electron chi connectivity index (χ1n) is 4.89. The Labute approximate surface area is 105 Å². The lowest BCUT2D eigenvalue weighted by Crippen LogP contribution is -2.32. The highest BCUT2D eigenvalue weighted by Crippen LogP contribution is 2.21. The minimum atomic E-state index is -4.47. The Morgan fingerprint density at radius 1 is 1.29 bits per heavy atom. The molecule has 1 unspecified atom stereocenters. The Bertz CT molecular complexity index is 367. The molecule has 1 aromatic carbocycles. The number of rotatable bonds is 4. The minimum absolute atomic E-state index is 0.362. The zero-order chi connectivity index (χ0) is 12.9. The quantitative estimate of drug-likeness (QED) is 0.850. The Morgan fingerprint density at radius 2 is 1.88 bits per heavy atom. The van der Waals surface area contributed by atoms with E-state index >= 15 is 0 Å². The monoisotopic (exact) mass is 309 g/mol. The lowest BCUT2D eigenvalue weighted by molar-refractivity contribution is -0.154. The summed E-state index contributed by atoms with van der Waals surface area (Å²) >= 11 is 3.16. The molecule has 0 saturated heterocycles. The van der Waals surface area contributed by atoms with Crippen molar-refractivity contribution in [1.82, 2.24) is 5.32 Å². The van der Waals surface area contributed by atoms with Crippen molar-refractivity contribution >= 4 is 21.8 Å². The van der Waals surface area contributed by atoms with E-state index in [0.717, 1.165) is 5.56 Å². The van der Waals surface area contributed by atoms with E-state index in [4.69, 9.17) is 0 Å². The Hall–Kier alpha value is -1.04. The fourth-order valence-electron chi connectivity index (χ4n) is 1.32. The molecule has 94 valence electrons. The number of hydrogen-bond donors (Lipinski definition) is 1. The fraction of sp³-hybridized carbons (Fsp3) is 0.364. The van der Waals surface area contributed by atoms with Gasteiger partial charge < -0.3 is 5.32 Å². The highest BCUT2D eigenvalue weighted by molar-refractivity contribution is 9.09. The number of carbonyl (C=O) groups excluding carboxylic acids is 1. The van der Waals surface area contributed by atoms with E-state index in [-0.39, 0.29) is 0 Å². The van der Waals surface area contributed by atoms with Gasteiger partial charge in [-0.2, -0.15) is 13.2 Å². The molecule has 1 aromatic rings. The molecular formula is C11H11BrF3NO. The molecule has 0 spiro atoms. The van der Waals surface area contributed by atoms with E-state index < -0.39 is 24.5 Å². The average Bonchev–Trinajstić information content (AvgIpc) is 2.24. The second kappa shape index (κ2) is 6.05. The highest BCUT2D eigenvalue weighted by atomic mass is 79.9. The van der Waals surface area contributed by atoms with E-state index in [2.05, 4.69) is 21.2 Å². The van der Waals surface area contributed by atoms with Crippen LogP contribution < -0.4 is 5.32 Å². The summed E-state index contributed by atoms with van der Waals surface area (Å²) in [5.74, 6) is -1.02. The van der Waals surface area contributed by atoms with Crippen molar-refractivity contribution in [3.8, 4) is 0 Å². The van der Waals surface area contributed by atoms with Crippen molar-refractivity contribution in [3.63, 3.8) is 0 Å². The lowest BCUT2D eigenvalue weighted by atomic mass is 10.1. The van der Waals surface area contributed by atoms with E-state index in [0.29, 0.717) is 5.33 Å². The number of alkyl halides is 4. The maximum absolute atomic E-state index is 12.0. The average molecular weight is 310 g/mol. The Kier molecular flexibility index (Phi) is 4.99. The standard InChI is InChI=1S/C11H11BrF3NO/c12-7-9(8-4-2-1-3-5-8)16-10(17)6-11(13,14)15/h1-5,9H,6-7H2,(H,16,17). The van der Waals surface area contributed by atoms with Crippen LogP contribution in [0, 0.1) is 0 Å². The molecule has 17 heavy (non-hydrogen) atoms. The van der Waals surface area contributed by atoms with Gasteiger partial charge in [0.05, 0.1) is 6.04 Å². The fourth-order valence-corrected chi connectivity index (χ4v) is 1.86. The van der Waals surface area contributed by atoms with Gasteiger partial charge in [-0.1, -0.05) is 46.3 Å². The van der Waals surface area contributed by atoms with Crippen molar-refractivity contribution < 1.29 is 18.0 Å². The van der Waals surface area contributed by atoms with Gasteiger partial charge in [-0.3, -0.25) is 4.79 Å². The number of amides is 1. The van der Waals surface area contributed by atoms with Crippen molar-refractivity contribution in [1.29, 1.82) is 0 Å². The molecule has 6 heteroatoms. The van der Waals surface area contributed by atoms with Crippen LogP contribution in [0.2, 0.25) is 0 Å². The van der Waals surface area contributed by atoms with Gasteiger partial charge in [-0.15, -0.1) is 0 Å². The molecule has 1 atom stereocenters. The van der Waals surface area contributed by atoms with Gasteiger partial charge in [0.2, 0.25) is 5.91 Å². The van der Waals surface area contributed by atoms with Gasteiger partial charge in [-0.25, -0.2) is 0 Å². The van der Waals surface area contributed by atoms with Crippen LogP contribution >= 0.6 is 15.9 Å². The van der Waals surface area contributed by atoms with Crippen LogP contribution in [-0.2, 0) is 4.79 Å². The maximum atomic E-state index is 12.0. The molecule has 0 aliphatic carbocycles. The molecule has 0 radical (unpaired) electrons. The lowest BCUT2D eigenvalue weighted by Gasteiger charge is -2.17. The normalized spacial score (nSPS) is 13.2. The van der Waals surface area contributed by atoms with Crippen molar-refractivity contribution in [2.75, 3.05) is 5.33 Å². The molecule has 0 fully saturated rings. The van der Waals surface area contributed by atoms with Crippen molar-refractivity contribution in [2.45, 2.75) is 18.6 Å². The molecule has 0 bridgehead atoms. The second-order valence-electron chi connectivity index (χ2n) is 3.48. The summed E-state index contributed by atoms with van der Waals surface area (Å²) in [4.78, 5) is 11.1. The molecule has 2 nitrogen and oxygen atoms in total. The van der Waals surface area contributed by atoms with Gasteiger partial charge in [0, 0.05) is 5.33 Å². The smallest absolute Gasteiger partial charge is 0.348 e. The zero-order valence-corrected chi connectivity index (χ0v) is 10.4. The summed E-state index contributed by atoms with van der Waals surface area (Å²) in [6, 6.07) is 8.37. The van der Waals surface area contributed by atoms with Crippen molar-refractivity contribution in [3.05, 3.63) is 35.9 Å². The third-order valence-electron chi connectivity index (χ3n) is 2.05. The predicted molar refractivity (Wildman–Crippen MR) is 61.8 cm³/mol. The van der Waals surface area contributed by atoms with Gasteiger partial charge >= 0.3 is 6.18 Å². The molecule has 0 heterocycles. The van der Waals surface area contributed by atoms with E-state index in [1.165, 1.54) is 0 Å². The highest BCUT2D eigenvalue weighted by Gasteiger charge is 2.31. The molecule has 1 N–H and O–H groups in total. The van der Waals surface area contributed by atoms with E-state index in [9.17, 15) is 18.0 Å². The predicted octanol–water partition coefficient (Wildman–Crippen LogP) is 3.19. The summed E-state index contributed by atoms with van der Waals surface area (Å²) in [7, 11) is 0. The molecule has 0 aliphatic heterocycles. The number of hydrogen-bond acceptors (Lipinski definition) is 1. The Balaban J connectivity index is 2.62. The Morgan fingerprint density at radius 3 is 2.35 bits per heavy atom. The molecule has 1 amide bonds. The summed E-state index contributed by atoms with van der Waals surface area (Å²) in [6.45, 7) is 0. The second-order valence-corrected chi connectivity index (χ2v) is 4.12. The maximum Gasteiger partial charge on any atom is 0.397 e. The van der Waals surface area contributed by atoms with Crippen LogP contribution in [-0.4, -0.2) is 17.4 Å². The first kappa shape index (κ1) is 14.0. The number of halogens is 4. The minimum Gasteiger partial charge on any atom is -0.348 e. The summed E-state index contributed by atoms with van der Waals surface area (Å²) < 4.78 is 36.0. The van der Waals surface area contributed by atoms with Crippen LogP contribution in [0.1, 0.15) is 18.0 Å². The first-order valence-corrected chi connectivity index (χ1v) is 6.01. The van der Waals surface area contributed by atoms with E-state index in [1.807, 2.05) is 0 Å². The van der Waals surface area contributed by atoms with Crippen LogP contribution in [0.3, 0.4) is 0 Å². The van der Waals surface area contributed by atoms with Gasteiger partial charge in [0.1, 0.15) is 6.42 Å². The molecule has 0 aromatic heterocycles. The van der Waals surface area contributed by atoms with Crippen LogP contribution in [0.4, 0.5) is 13.2 Å². The zero-order valence-electron chi connectivity index (χ0n) is 8.80. The van der Waals surface area contributed by atoms with Crippen LogP contribution in [0.5, 0.6) is 0 Å². The first-order chi connectivity index (χ1) is 7.92. The van der Waals surface area contributed by atoms with E-state index in [1.54, 1.807) is 30.3 Å². The number of benzene rings is 1. The van der Waals surface area contributed by atoms with Crippen LogP contribution in [0.15, 0.2) is 30.3 Å². The summed E-state index contributed by atoms with van der Waals surface area (Å²) in [6.07, 6.45) is -5.93. The van der Waals surface area contributed by atoms with Gasteiger partial charge in [0.25, 0.3) is 0 Å². The number of nitrogens with one attached hydrogen (secondary N) is 1. The number of carbonyl (C=O) groups is 1. The third kappa shape index (κ3) is 5.21. The van der Waals surface area contributed by atoms with Gasteiger partial charge in [0.15, 0.2) is 0 Å². The van der Waals surface area contributed by atoms with Crippen molar-refractivity contribution in [2.24, 2.45) is 0 Å². The molecular weight excluding hydrogens is 299 g/mol. The molecule has 0 aliphatic rings. The topological polar surface area (TPSA) is 29.1 Å².